The highest BCUT2D eigenvalue weighted by Crippen LogP contribution is 2.16. The fourth-order valence-electron chi connectivity index (χ4n) is 3.03. The Labute approximate surface area is 136 Å². The van der Waals surface area contributed by atoms with Gasteiger partial charge >= 0.3 is 0 Å². The second-order valence-electron chi connectivity index (χ2n) is 6.06. The molecule has 124 valence electrons. The quantitative estimate of drug-likeness (QED) is 0.720. The minimum Gasteiger partial charge on any atom is -0.376 e. The predicted molar refractivity (Wildman–Crippen MR) is 85.8 cm³/mol. The van der Waals surface area contributed by atoms with Crippen molar-refractivity contribution in [1.82, 2.24) is 16.0 Å². The van der Waals surface area contributed by atoms with Crippen molar-refractivity contribution in [3.63, 3.8) is 0 Å². The summed E-state index contributed by atoms with van der Waals surface area (Å²) in [5, 5.41) is 8.72. The lowest BCUT2D eigenvalue weighted by Gasteiger charge is -2.25. The second kappa shape index (κ2) is 7.57. The Morgan fingerprint density at radius 3 is 2.83 bits per heavy atom. The van der Waals surface area contributed by atoms with Crippen molar-refractivity contribution in [2.75, 3.05) is 19.7 Å². The molecule has 0 bridgehead atoms. The number of ether oxygens (including phenoxy) is 1. The van der Waals surface area contributed by atoms with Crippen LogP contribution in [0, 0.1) is 0 Å². The molecule has 2 unspecified atom stereocenters. The number of benzene rings is 1. The van der Waals surface area contributed by atoms with Gasteiger partial charge in [-0.25, -0.2) is 0 Å². The molecule has 2 heterocycles. The third kappa shape index (κ3) is 4.30. The molecule has 23 heavy (non-hydrogen) atoms. The van der Waals surface area contributed by atoms with Crippen LogP contribution in [0.3, 0.4) is 0 Å². The lowest BCUT2D eigenvalue weighted by atomic mass is 9.95. The molecule has 0 radical (unpaired) electrons. The zero-order valence-electron chi connectivity index (χ0n) is 13.1. The first kappa shape index (κ1) is 16.0. The van der Waals surface area contributed by atoms with E-state index in [1.165, 1.54) is 11.1 Å². The largest absolute Gasteiger partial charge is 0.376 e. The van der Waals surface area contributed by atoms with Crippen LogP contribution in [-0.4, -0.2) is 43.7 Å². The molecule has 0 aliphatic carbocycles. The van der Waals surface area contributed by atoms with E-state index in [0.29, 0.717) is 19.5 Å². The Kier molecular flexibility index (Phi) is 5.25. The van der Waals surface area contributed by atoms with Crippen LogP contribution in [0.2, 0.25) is 0 Å². The summed E-state index contributed by atoms with van der Waals surface area (Å²) < 4.78 is 5.45. The molecule has 1 aromatic carbocycles. The van der Waals surface area contributed by atoms with Gasteiger partial charge in [0, 0.05) is 19.7 Å². The molecule has 3 rings (SSSR count). The molecule has 2 atom stereocenters. The first-order valence-electron chi connectivity index (χ1n) is 8.18. The smallest absolute Gasteiger partial charge is 0.239 e. The SMILES string of the molecule is O=C(CNC(=O)C1Cc2ccccc2CN1)NCC1CCCO1. The van der Waals surface area contributed by atoms with E-state index in [2.05, 4.69) is 22.0 Å². The molecule has 3 N–H and O–H groups in total. The number of amides is 2. The van der Waals surface area contributed by atoms with E-state index in [0.717, 1.165) is 19.4 Å². The average Bonchev–Trinajstić information content (AvgIpc) is 3.11. The van der Waals surface area contributed by atoms with Crippen LogP contribution in [0.5, 0.6) is 0 Å². The summed E-state index contributed by atoms with van der Waals surface area (Å²) in [4.78, 5) is 24.0. The average molecular weight is 317 g/mol. The van der Waals surface area contributed by atoms with Crippen LogP contribution in [0.1, 0.15) is 24.0 Å². The summed E-state index contributed by atoms with van der Waals surface area (Å²) >= 11 is 0. The number of fused-ring (bicyclic) bond motifs is 1. The van der Waals surface area contributed by atoms with E-state index in [-0.39, 0.29) is 30.5 Å². The molecule has 0 aromatic heterocycles. The Hall–Kier alpha value is -1.92. The lowest BCUT2D eigenvalue weighted by Crippen LogP contribution is -2.50. The van der Waals surface area contributed by atoms with Crippen LogP contribution < -0.4 is 16.0 Å². The minimum absolute atomic E-state index is 0.00534. The van der Waals surface area contributed by atoms with E-state index >= 15 is 0 Å². The van der Waals surface area contributed by atoms with Crippen molar-refractivity contribution in [2.24, 2.45) is 0 Å². The van der Waals surface area contributed by atoms with Crippen molar-refractivity contribution < 1.29 is 14.3 Å². The monoisotopic (exact) mass is 317 g/mol. The molecule has 0 saturated carbocycles. The summed E-state index contributed by atoms with van der Waals surface area (Å²) in [6, 6.07) is 7.81. The van der Waals surface area contributed by atoms with Crippen molar-refractivity contribution >= 4 is 11.8 Å². The Bertz CT molecular complexity index is 570. The molecule has 1 aromatic rings. The second-order valence-corrected chi connectivity index (χ2v) is 6.06. The van der Waals surface area contributed by atoms with Crippen LogP contribution >= 0.6 is 0 Å². The maximum atomic E-state index is 12.2. The zero-order chi connectivity index (χ0) is 16.1. The molecule has 2 aliphatic rings. The highest BCUT2D eigenvalue weighted by molar-refractivity contribution is 5.87. The third-order valence-electron chi connectivity index (χ3n) is 4.37. The maximum Gasteiger partial charge on any atom is 0.239 e. The molecule has 1 saturated heterocycles. The van der Waals surface area contributed by atoms with Gasteiger partial charge in [0.05, 0.1) is 18.7 Å². The van der Waals surface area contributed by atoms with Crippen LogP contribution in [0.25, 0.3) is 0 Å². The van der Waals surface area contributed by atoms with Crippen molar-refractivity contribution in [3.05, 3.63) is 35.4 Å². The van der Waals surface area contributed by atoms with Gasteiger partial charge in [-0.2, -0.15) is 0 Å². The summed E-state index contributed by atoms with van der Waals surface area (Å²) in [7, 11) is 0. The number of nitrogens with one attached hydrogen (secondary N) is 3. The summed E-state index contributed by atoms with van der Waals surface area (Å²) in [5.41, 5.74) is 2.42. The number of rotatable bonds is 5. The van der Waals surface area contributed by atoms with Crippen LogP contribution in [0.4, 0.5) is 0 Å². The Balaban J connectivity index is 1.40. The van der Waals surface area contributed by atoms with Crippen molar-refractivity contribution in [1.29, 1.82) is 0 Å². The van der Waals surface area contributed by atoms with Gasteiger partial charge in [0.25, 0.3) is 0 Å². The Morgan fingerprint density at radius 1 is 1.22 bits per heavy atom. The van der Waals surface area contributed by atoms with Gasteiger partial charge in [-0.1, -0.05) is 24.3 Å². The maximum absolute atomic E-state index is 12.2. The molecule has 2 amide bonds. The summed E-state index contributed by atoms with van der Waals surface area (Å²) in [6.45, 7) is 1.97. The topological polar surface area (TPSA) is 79.5 Å². The van der Waals surface area contributed by atoms with E-state index in [1.54, 1.807) is 0 Å². The molecule has 6 heteroatoms. The zero-order valence-corrected chi connectivity index (χ0v) is 13.1. The van der Waals surface area contributed by atoms with Gasteiger partial charge in [0.2, 0.25) is 11.8 Å². The fraction of sp³-hybridized carbons (Fsp3) is 0.529. The van der Waals surface area contributed by atoms with Gasteiger partial charge in [-0.3, -0.25) is 9.59 Å². The normalized spacial score (nSPS) is 23.1. The van der Waals surface area contributed by atoms with Gasteiger partial charge in [-0.15, -0.1) is 0 Å². The van der Waals surface area contributed by atoms with E-state index in [1.807, 2.05) is 18.2 Å². The standard InChI is InChI=1S/C17H23N3O3/c21-16(19-10-14-6-3-7-23-14)11-20-17(22)15-8-12-4-1-2-5-13(12)9-18-15/h1-2,4-5,14-15,18H,3,6-11H2,(H,19,21)(H,20,22). The first-order chi connectivity index (χ1) is 11.2. The van der Waals surface area contributed by atoms with Gasteiger partial charge in [-0.05, 0) is 30.4 Å². The van der Waals surface area contributed by atoms with E-state index in [9.17, 15) is 9.59 Å². The van der Waals surface area contributed by atoms with Crippen LogP contribution in [0.15, 0.2) is 24.3 Å². The minimum atomic E-state index is -0.282. The highest BCUT2D eigenvalue weighted by Gasteiger charge is 2.24. The summed E-state index contributed by atoms with van der Waals surface area (Å²) in [6.07, 6.45) is 2.80. The summed E-state index contributed by atoms with van der Waals surface area (Å²) in [5.74, 6) is -0.308. The Morgan fingerprint density at radius 2 is 2.04 bits per heavy atom. The molecule has 0 spiro atoms. The van der Waals surface area contributed by atoms with Crippen molar-refractivity contribution in [2.45, 2.75) is 38.0 Å². The van der Waals surface area contributed by atoms with Gasteiger partial charge in [0.1, 0.15) is 0 Å². The highest BCUT2D eigenvalue weighted by atomic mass is 16.5. The van der Waals surface area contributed by atoms with Gasteiger partial charge in [0.15, 0.2) is 0 Å². The van der Waals surface area contributed by atoms with Crippen molar-refractivity contribution in [3.8, 4) is 0 Å². The third-order valence-corrected chi connectivity index (χ3v) is 4.37. The lowest BCUT2D eigenvalue weighted by molar-refractivity contribution is -0.127. The van der Waals surface area contributed by atoms with Crippen LogP contribution in [-0.2, 0) is 27.3 Å². The molecular weight excluding hydrogens is 294 g/mol. The van der Waals surface area contributed by atoms with E-state index < -0.39 is 0 Å². The predicted octanol–water partition coefficient (Wildman–Crippen LogP) is 0.112. The number of carbonyl (C=O) groups is 2. The molecular formula is C17H23N3O3. The molecule has 6 nitrogen and oxygen atoms in total. The van der Waals surface area contributed by atoms with Gasteiger partial charge < -0.3 is 20.7 Å². The number of carbonyl (C=O) groups excluding carboxylic acids is 2. The molecule has 1 fully saturated rings. The number of hydrogen-bond donors (Lipinski definition) is 3. The molecule has 2 aliphatic heterocycles. The first-order valence-corrected chi connectivity index (χ1v) is 8.18. The van der Waals surface area contributed by atoms with E-state index in [4.69, 9.17) is 4.74 Å². The number of hydrogen-bond acceptors (Lipinski definition) is 4. The fourth-order valence-corrected chi connectivity index (χ4v) is 3.03.